The van der Waals surface area contributed by atoms with Gasteiger partial charge in [0.05, 0.1) is 18.7 Å². The average molecular weight is 556 g/mol. The number of benzene rings is 2. The summed E-state index contributed by atoms with van der Waals surface area (Å²) in [6.45, 7) is 8.58. The molecule has 0 radical (unpaired) electrons. The number of hydrogen-bond donors (Lipinski definition) is 0. The van der Waals surface area contributed by atoms with E-state index in [0.717, 1.165) is 52.5 Å². The molecule has 2 aromatic carbocycles. The quantitative estimate of drug-likeness (QED) is 0.317. The van der Waals surface area contributed by atoms with Crippen LogP contribution in [0, 0.1) is 38.5 Å². The van der Waals surface area contributed by atoms with Gasteiger partial charge in [0.15, 0.2) is 5.13 Å². The molecule has 2 unspecified atom stereocenters. The van der Waals surface area contributed by atoms with Crippen LogP contribution in [0.3, 0.4) is 0 Å². The summed E-state index contributed by atoms with van der Waals surface area (Å²) in [5, 5.41) is 3.15. The smallest absolute Gasteiger partial charge is 0.309 e. The highest BCUT2D eigenvalue weighted by Crippen LogP contribution is 2.45. The number of carbonyl (C=O) groups excluding carboxylic acids is 1. The summed E-state index contributed by atoms with van der Waals surface area (Å²) in [6.07, 6.45) is 2.17. The number of esters is 1. The number of aromatic nitrogens is 1. The van der Waals surface area contributed by atoms with E-state index in [9.17, 15) is 4.79 Å². The number of hydrogen-bond acceptors (Lipinski definition) is 6. The molecule has 1 aromatic heterocycles. The third-order valence-electron chi connectivity index (χ3n) is 7.51. The highest BCUT2D eigenvalue weighted by atomic mass is 79.9. The van der Waals surface area contributed by atoms with Crippen LogP contribution in [0.15, 0.2) is 40.2 Å². The minimum Gasteiger partial charge on any atom is -0.488 e. The number of methoxy groups -OCH3 is 1. The number of fused-ring (bicyclic) bond motifs is 2. The molecule has 0 amide bonds. The van der Waals surface area contributed by atoms with E-state index in [4.69, 9.17) is 14.5 Å². The number of anilines is 1. The van der Waals surface area contributed by atoms with E-state index >= 15 is 0 Å². The third kappa shape index (κ3) is 4.85. The van der Waals surface area contributed by atoms with Crippen molar-refractivity contribution in [1.82, 2.24) is 4.98 Å². The molecule has 2 bridgehead atoms. The van der Waals surface area contributed by atoms with Gasteiger partial charge in [-0.15, -0.1) is 11.3 Å². The zero-order valence-corrected chi connectivity index (χ0v) is 23.0. The summed E-state index contributed by atoms with van der Waals surface area (Å²) in [7, 11) is 1.50. The number of thiazole rings is 1. The van der Waals surface area contributed by atoms with E-state index in [0.29, 0.717) is 18.4 Å². The molecule has 1 saturated carbocycles. The van der Waals surface area contributed by atoms with Crippen LogP contribution in [0.1, 0.15) is 35.1 Å². The first-order chi connectivity index (χ1) is 16.8. The van der Waals surface area contributed by atoms with Crippen LogP contribution < -0.4 is 9.64 Å². The maximum atomic E-state index is 12.3. The molecule has 0 N–H and O–H groups in total. The third-order valence-corrected chi connectivity index (χ3v) is 8.87. The number of piperidine rings is 1. The Labute approximate surface area is 219 Å². The molecular formula is C28H31BrN2O3S. The Balaban J connectivity index is 1.36. The van der Waals surface area contributed by atoms with Crippen molar-refractivity contribution in [3.8, 4) is 17.0 Å². The van der Waals surface area contributed by atoms with Crippen LogP contribution in [0.2, 0.25) is 0 Å². The molecule has 0 spiro atoms. The van der Waals surface area contributed by atoms with Crippen LogP contribution in [0.25, 0.3) is 11.3 Å². The second-order valence-corrected chi connectivity index (χ2v) is 11.6. The molecule has 35 heavy (non-hydrogen) atoms. The first-order valence-electron chi connectivity index (χ1n) is 12.1. The molecule has 5 rings (SSSR count). The standard InChI is InChI=1S/C28H31BrN2O3S/c1-16-5-8-25(34-14-23-17(2)10-21(29)11-18(23)3)22(9-16)24-15-35-28(30-24)31-12-19-6-7-20(13-31)26(19)27(32)33-4/h5,8-11,15,19-20,26H,6-7,12-14H2,1-4H3. The van der Waals surface area contributed by atoms with E-state index in [1.54, 1.807) is 11.3 Å². The summed E-state index contributed by atoms with van der Waals surface area (Å²) < 4.78 is 12.5. The number of rotatable bonds is 6. The van der Waals surface area contributed by atoms with Crippen LogP contribution >= 0.6 is 27.3 Å². The molecule has 2 atom stereocenters. The molecule has 1 aliphatic heterocycles. The Morgan fingerprint density at radius 1 is 1.11 bits per heavy atom. The van der Waals surface area contributed by atoms with E-state index in [-0.39, 0.29) is 11.9 Å². The fourth-order valence-corrected chi connectivity index (χ4v) is 7.25. The summed E-state index contributed by atoms with van der Waals surface area (Å²) in [5.41, 5.74) is 6.78. The zero-order valence-electron chi connectivity index (χ0n) is 20.6. The van der Waals surface area contributed by atoms with Crippen molar-refractivity contribution in [3.05, 3.63) is 62.4 Å². The summed E-state index contributed by atoms with van der Waals surface area (Å²) in [4.78, 5) is 19.7. The lowest BCUT2D eigenvalue weighted by Crippen LogP contribution is -2.45. The second kappa shape index (κ2) is 9.94. The molecule has 1 aliphatic carbocycles. The van der Waals surface area contributed by atoms with Gasteiger partial charge in [0.2, 0.25) is 0 Å². The number of halogens is 1. The summed E-state index contributed by atoms with van der Waals surface area (Å²) in [5.74, 6) is 1.54. The number of nitrogens with zero attached hydrogens (tertiary/aromatic N) is 2. The minimum absolute atomic E-state index is 0.0398. The molecule has 2 aliphatic rings. The van der Waals surface area contributed by atoms with E-state index in [1.807, 2.05) is 0 Å². The molecule has 3 aromatic rings. The largest absolute Gasteiger partial charge is 0.488 e. The summed E-state index contributed by atoms with van der Waals surface area (Å²) in [6, 6.07) is 10.6. The normalized spacial score (nSPS) is 21.3. The van der Waals surface area contributed by atoms with Gasteiger partial charge < -0.3 is 14.4 Å². The van der Waals surface area contributed by atoms with Gasteiger partial charge in [-0.25, -0.2) is 4.98 Å². The fraction of sp³-hybridized carbons (Fsp3) is 0.429. The monoisotopic (exact) mass is 554 g/mol. The van der Waals surface area contributed by atoms with Gasteiger partial charge in [0.1, 0.15) is 12.4 Å². The second-order valence-electron chi connectivity index (χ2n) is 9.87. The van der Waals surface area contributed by atoms with Gasteiger partial charge >= 0.3 is 5.97 Å². The average Bonchev–Trinajstić information content (AvgIpc) is 3.41. The molecule has 5 nitrogen and oxygen atoms in total. The minimum atomic E-state index is -0.0465. The SMILES string of the molecule is COC(=O)C1C2CCC1CN(c1nc(-c3cc(C)ccc3OCc3c(C)cc(Br)cc3C)cs1)C2. The lowest BCUT2D eigenvalue weighted by molar-refractivity contribution is -0.148. The van der Waals surface area contributed by atoms with Crippen LogP contribution in [-0.4, -0.2) is 31.2 Å². The Morgan fingerprint density at radius 2 is 1.80 bits per heavy atom. The predicted octanol–water partition coefficient (Wildman–Crippen LogP) is 6.71. The van der Waals surface area contributed by atoms with Crippen molar-refractivity contribution in [3.63, 3.8) is 0 Å². The van der Waals surface area contributed by atoms with Gasteiger partial charge in [-0.1, -0.05) is 27.6 Å². The predicted molar refractivity (Wildman–Crippen MR) is 144 cm³/mol. The van der Waals surface area contributed by atoms with Gasteiger partial charge in [0.25, 0.3) is 0 Å². The molecule has 2 fully saturated rings. The molecular weight excluding hydrogens is 524 g/mol. The van der Waals surface area contributed by atoms with E-state index < -0.39 is 0 Å². The van der Waals surface area contributed by atoms with Crippen LogP contribution in [-0.2, 0) is 16.1 Å². The van der Waals surface area contributed by atoms with E-state index in [1.165, 1.54) is 29.4 Å². The lowest BCUT2D eigenvalue weighted by atomic mass is 9.85. The maximum Gasteiger partial charge on any atom is 0.309 e. The topological polar surface area (TPSA) is 51.7 Å². The number of ether oxygens (including phenoxy) is 2. The first-order valence-corrected chi connectivity index (χ1v) is 13.8. The van der Waals surface area contributed by atoms with Gasteiger partial charge in [0, 0.05) is 28.5 Å². The highest BCUT2D eigenvalue weighted by Gasteiger charge is 2.47. The number of aryl methyl sites for hydroxylation is 3. The van der Waals surface area contributed by atoms with Crippen molar-refractivity contribution >= 4 is 38.4 Å². The van der Waals surface area contributed by atoms with Gasteiger partial charge in [-0.3, -0.25) is 4.79 Å². The van der Waals surface area contributed by atoms with Crippen LogP contribution in [0.5, 0.6) is 5.75 Å². The first kappa shape index (κ1) is 24.3. The van der Waals surface area contributed by atoms with Crippen LogP contribution in [0.4, 0.5) is 5.13 Å². The van der Waals surface area contributed by atoms with Gasteiger partial charge in [-0.2, -0.15) is 0 Å². The Morgan fingerprint density at radius 3 is 2.46 bits per heavy atom. The number of carbonyl (C=O) groups is 1. The Kier molecular flexibility index (Phi) is 6.91. The highest BCUT2D eigenvalue weighted by molar-refractivity contribution is 9.10. The zero-order chi connectivity index (χ0) is 24.7. The van der Waals surface area contributed by atoms with Gasteiger partial charge in [-0.05, 0) is 86.4 Å². The fourth-order valence-electron chi connectivity index (χ4n) is 5.72. The summed E-state index contributed by atoms with van der Waals surface area (Å²) >= 11 is 5.25. The lowest BCUT2D eigenvalue weighted by Gasteiger charge is -2.36. The Hall–Kier alpha value is -2.38. The van der Waals surface area contributed by atoms with Crippen molar-refractivity contribution in [1.29, 1.82) is 0 Å². The van der Waals surface area contributed by atoms with Crippen molar-refractivity contribution < 1.29 is 14.3 Å². The maximum absolute atomic E-state index is 12.3. The molecule has 1 saturated heterocycles. The van der Waals surface area contributed by atoms with Crippen molar-refractivity contribution in [2.45, 2.75) is 40.2 Å². The molecule has 184 valence electrons. The molecule has 2 heterocycles. The molecule has 7 heteroatoms. The van der Waals surface area contributed by atoms with Crippen molar-refractivity contribution in [2.75, 3.05) is 25.1 Å². The Bertz CT molecular complexity index is 1220. The van der Waals surface area contributed by atoms with Crippen molar-refractivity contribution in [2.24, 2.45) is 17.8 Å². The van der Waals surface area contributed by atoms with E-state index in [2.05, 4.69) is 77.3 Å².